The summed E-state index contributed by atoms with van der Waals surface area (Å²) in [6.45, 7) is 0.328. The maximum absolute atomic E-state index is 13.5. The molecule has 6 rings (SSSR count). The van der Waals surface area contributed by atoms with Crippen LogP contribution in [0.5, 0.6) is 0 Å². The van der Waals surface area contributed by atoms with Gasteiger partial charge < -0.3 is 24.0 Å². The van der Waals surface area contributed by atoms with E-state index in [-0.39, 0.29) is 24.5 Å². The lowest BCUT2D eigenvalue weighted by Crippen LogP contribution is -2.54. The van der Waals surface area contributed by atoms with Crippen molar-refractivity contribution in [2.75, 3.05) is 19.8 Å². The van der Waals surface area contributed by atoms with E-state index in [9.17, 15) is 14.7 Å². The Labute approximate surface area is 217 Å². The Morgan fingerprint density at radius 3 is 2.39 bits per heavy atom. The molecule has 1 saturated heterocycles. The number of hydrogen-bond acceptors (Lipinski definition) is 5. The van der Waals surface area contributed by atoms with Gasteiger partial charge in [-0.05, 0) is 56.9 Å². The van der Waals surface area contributed by atoms with E-state index in [0.717, 1.165) is 11.1 Å². The molecule has 2 heterocycles. The number of nitrogens with zero attached hydrogens (tertiary/aromatic N) is 3. The molecule has 1 aromatic heterocycles. The number of benzene rings is 2. The highest BCUT2D eigenvalue weighted by Gasteiger charge is 2.60. The highest BCUT2D eigenvalue weighted by Crippen LogP contribution is 2.52. The van der Waals surface area contributed by atoms with E-state index in [2.05, 4.69) is 45.2 Å². The molecule has 1 aliphatic heterocycles. The summed E-state index contributed by atoms with van der Waals surface area (Å²) in [6, 6.07) is 16.1. The number of imidazole rings is 1. The van der Waals surface area contributed by atoms with Gasteiger partial charge in [-0.2, -0.15) is 0 Å². The summed E-state index contributed by atoms with van der Waals surface area (Å²) >= 11 is 3.41. The van der Waals surface area contributed by atoms with Crippen molar-refractivity contribution in [1.29, 1.82) is 0 Å². The molecular weight excluding hydrogens is 526 g/mol. The molecule has 0 spiro atoms. The Morgan fingerprint density at radius 1 is 1.14 bits per heavy atom. The number of aromatic nitrogens is 2. The van der Waals surface area contributed by atoms with Crippen LogP contribution < -0.4 is 0 Å². The Bertz CT molecular complexity index is 1310. The van der Waals surface area contributed by atoms with Crippen LogP contribution in [0, 0.1) is 5.92 Å². The lowest BCUT2D eigenvalue weighted by atomic mass is 9.91. The molecule has 186 valence electrons. The third-order valence-electron chi connectivity index (χ3n) is 7.77. The molecule has 2 fully saturated rings. The molecule has 1 saturated carbocycles. The number of aryl methyl sites for hydroxylation is 1. The van der Waals surface area contributed by atoms with Crippen LogP contribution in [0.2, 0.25) is 0 Å². The third kappa shape index (κ3) is 3.64. The van der Waals surface area contributed by atoms with Crippen LogP contribution >= 0.6 is 15.9 Å². The minimum absolute atomic E-state index is 0.0281. The van der Waals surface area contributed by atoms with E-state index in [1.165, 1.54) is 11.1 Å². The zero-order valence-electron chi connectivity index (χ0n) is 19.8. The fraction of sp³-hybridized carbons (Fsp3) is 0.370. The Morgan fingerprint density at radius 2 is 1.81 bits per heavy atom. The number of likely N-dealkylation sites (tertiary alicyclic amines) is 1. The Hall–Kier alpha value is -3.17. The number of ether oxygens (including phenoxy) is 2. The number of carbonyl (C=O) groups excluding carboxylic acids is 1. The molecule has 1 N–H and O–H groups in total. The number of amides is 1. The highest BCUT2D eigenvalue weighted by molar-refractivity contribution is 9.10. The van der Waals surface area contributed by atoms with Crippen LogP contribution in [0.25, 0.3) is 11.1 Å². The molecular formula is C27H26BrN3O5. The summed E-state index contributed by atoms with van der Waals surface area (Å²) in [5.74, 6) is -0.295. The van der Waals surface area contributed by atoms with E-state index in [1.54, 1.807) is 4.90 Å². The van der Waals surface area contributed by atoms with Crippen LogP contribution in [-0.4, -0.2) is 57.4 Å². The maximum Gasteiger partial charge on any atom is 0.410 e. The van der Waals surface area contributed by atoms with E-state index in [0.29, 0.717) is 29.8 Å². The van der Waals surface area contributed by atoms with Crippen molar-refractivity contribution < 1.29 is 24.2 Å². The standard InChI is InChI=1S/C27H26BrN3O5/c1-30-13-23(28)29-25(30)27(36-15-24(32)33)11-16-10-22(27)31(12-16)26(34)35-14-21-19-8-4-2-6-17(19)18-7-3-5-9-20(18)21/h2-9,13,16,21-22H,10-12,14-15H2,1H3,(H,32,33). The van der Waals surface area contributed by atoms with Crippen LogP contribution in [0.15, 0.2) is 59.3 Å². The van der Waals surface area contributed by atoms with Gasteiger partial charge in [0.15, 0.2) is 0 Å². The number of piperidine rings is 1. The summed E-state index contributed by atoms with van der Waals surface area (Å²) in [5.41, 5.74) is 3.66. The van der Waals surface area contributed by atoms with Crippen molar-refractivity contribution in [3.63, 3.8) is 0 Å². The number of aliphatic carboxylic acids is 1. The first-order valence-corrected chi connectivity index (χ1v) is 12.8. The summed E-state index contributed by atoms with van der Waals surface area (Å²) in [6.07, 6.45) is 2.73. The molecule has 3 atom stereocenters. The van der Waals surface area contributed by atoms with Crippen molar-refractivity contribution in [1.82, 2.24) is 14.5 Å². The average Bonchev–Trinajstić information content (AvgIpc) is 3.62. The van der Waals surface area contributed by atoms with E-state index < -0.39 is 24.3 Å². The van der Waals surface area contributed by atoms with Gasteiger partial charge in [-0.25, -0.2) is 14.6 Å². The van der Waals surface area contributed by atoms with Gasteiger partial charge in [-0.15, -0.1) is 0 Å². The number of carboxylic acids is 1. The largest absolute Gasteiger partial charge is 0.480 e. The minimum Gasteiger partial charge on any atom is -0.480 e. The summed E-state index contributed by atoms with van der Waals surface area (Å²) < 4.78 is 14.5. The third-order valence-corrected chi connectivity index (χ3v) is 8.15. The van der Waals surface area contributed by atoms with E-state index in [1.807, 2.05) is 42.1 Å². The molecule has 3 aliphatic rings. The summed E-state index contributed by atoms with van der Waals surface area (Å²) in [5, 5.41) is 9.35. The van der Waals surface area contributed by atoms with Crippen LogP contribution in [0.1, 0.15) is 35.7 Å². The first kappa shape index (κ1) is 23.2. The smallest absolute Gasteiger partial charge is 0.410 e. The normalized spacial score (nSPS) is 24.1. The average molecular weight is 552 g/mol. The summed E-state index contributed by atoms with van der Waals surface area (Å²) in [7, 11) is 1.85. The molecule has 3 aromatic rings. The quantitative estimate of drug-likeness (QED) is 0.484. The number of hydrogen-bond donors (Lipinski definition) is 1. The second kappa shape index (κ2) is 8.74. The second-order valence-electron chi connectivity index (χ2n) is 9.85. The fourth-order valence-electron chi connectivity index (χ4n) is 6.43. The molecule has 2 aromatic carbocycles. The van der Waals surface area contributed by atoms with Gasteiger partial charge in [-0.3, -0.25) is 0 Å². The zero-order valence-corrected chi connectivity index (χ0v) is 21.3. The monoisotopic (exact) mass is 551 g/mol. The molecule has 2 aliphatic carbocycles. The number of rotatable bonds is 6. The van der Waals surface area contributed by atoms with E-state index >= 15 is 0 Å². The number of carbonyl (C=O) groups is 2. The van der Waals surface area contributed by atoms with Gasteiger partial charge in [-0.1, -0.05) is 48.5 Å². The van der Waals surface area contributed by atoms with Crippen LogP contribution in [-0.2, 0) is 26.9 Å². The lowest BCUT2D eigenvalue weighted by molar-refractivity contribution is -0.158. The molecule has 1 amide bonds. The number of fused-ring (bicyclic) bond motifs is 5. The fourth-order valence-corrected chi connectivity index (χ4v) is 6.91. The molecule has 9 heteroatoms. The molecule has 8 nitrogen and oxygen atoms in total. The zero-order chi connectivity index (χ0) is 25.0. The van der Waals surface area contributed by atoms with Crippen molar-refractivity contribution >= 4 is 28.0 Å². The highest BCUT2D eigenvalue weighted by atomic mass is 79.9. The van der Waals surface area contributed by atoms with Gasteiger partial charge in [0, 0.05) is 25.7 Å². The van der Waals surface area contributed by atoms with Gasteiger partial charge in [0.25, 0.3) is 0 Å². The second-order valence-corrected chi connectivity index (χ2v) is 10.7. The first-order valence-electron chi connectivity index (χ1n) is 12.0. The van der Waals surface area contributed by atoms with Gasteiger partial charge in [0.1, 0.15) is 29.2 Å². The predicted molar refractivity (Wildman–Crippen MR) is 134 cm³/mol. The lowest BCUT2D eigenvalue weighted by Gasteiger charge is -2.41. The Balaban J connectivity index is 1.25. The molecule has 2 bridgehead atoms. The summed E-state index contributed by atoms with van der Waals surface area (Å²) in [4.78, 5) is 31.2. The van der Waals surface area contributed by atoms with Crippen molar-refractivity contribution in [2.45, 2.75) is 30.4 Å². The van der Waals surface area contributed by atoms with Gasteiger partial charge in [0.2, 0.25) is 0 Å². The van der Waals surface area contributed by atoms with Crippen molar-refractivity contribution in [3.8, 4) is 11.1 Å². The first-order chi connectivity index (χ1) is 17.4. The van der Waals surface area contributed by atoms with E-state index in [4.69, 9.17) is 9.47 Å². The molecule has 0 radical (unpaired) electrons. The van der Waals surface area contributed by atoms with Gasteiger partial charge >= 0.3 is 12.1 Å². The number of carboxylic acid groups (broad SMARTS) is 1. The van der Waals surface area contributed by atoms with Gasteiger partial charge in [0.05, 0.1) is 6.04 Å². The maximum atomic E-state index is 13.5. The van der Waals surface area contributed by atoms with Crippen LogP contribution in [0.3, 0.4) is 0 Å². The molecule has 3 unspecified atom stereocenters. The topological polar surface area (TPSA) is 93.9 Å². The minimum atomic E-state index is -1.06. The Kier molecular flexibility index (Phi) is 5.64. The SMILES string of the molecule is Cn1cc(Br)nc1C1(OCC(=O)O)CC2CC1N(C(=O)OCC1c3ccccc3-c3ccccc31)C2. The predicted octanol–water partition coefficient (Wildman–Crippen LogP) is 4.52. The van der Waals surface area contributed by atoms with Crippen molar-refractivity contribution in [3.05, 3.63) is 76.3 Å². The molecule has 36 heavy (non-hydrogen) atoms. The van der Waals surface area contributed by atoms with Crippen LogP contribution in [0.4, 0.5) is 4.79 Å². The van der Waals surface area contributed by atoms with Crippen molar-refractivity contribution in [2.24, 2.45) is 13.0 Å². The number of halogens is 1.